The van der Waals surface area contributed by atoms with E-state index in [1.54, 1.807) is 32.3 Å². The van der Waals surface area contributed by atoms with E-state index >= 15 is 0 Å². The van der Waals surface area contributed by atoms with Gasteiger partial charge in [0.05, 0.1) is 19.1 Å². The van der Waals surface area contributed by atoms with Crippen LogP contribution in [0.1, 0.15) is 37.0 Å². The number of aliphatic carboxylic acids is 1. The first-order valence-corrected chi connectivity index (χ1v) is 21.6. The van der Waals surface area contributed by atoms with Crippen molar-refractivity contribution in [1.82, 2.24) is 31.2 Å². The number of aliphatic hydroxyl groups excluding tert-OH is 4. The molecule has 2 aromatic heterocycles. The van der Waals surface area contributed by atoms with Crippen LogP contribution in [-0.2, 0) is 52.8 Å². The number of rotatable bonds is 21. The topological polar surface area (TPSA) is 354 Å². The molecule has 3 aromatic carbocycles. The van der Waals surface area contributed by atoms with Crippen LogP contribution < -0.4 is 37.5 Å². The molecular formula is C46H56N8O13. The van der Waals surface area contributed by atoms with Crippen molar-refractivity contribution in [3.8, 4) is 5.75 Å². The molecule has 0 bridgehead atoms. The first-order chi connectivity index (χ1) is 31.9. The Bertz CT molecular complexity index is 2540. The number of carboxylic acids is 1. The average molecular weight is 929 g/mol. The molecule has 21 heteroatoms. The van der Waals surface area contributed by atoms with Gasteiger partial charge in [0.1, 0.15) is 54.3 Å². The number of para-hydroxylation sites is 2. The van der Waals surface area contributed by atoms with Crippen molar-refractivity contribution >= 4 is 57.3 Å². The van der Waals surface area contributed by atoms with Gasteiger partial charge in [-0.1, -0.05) is 62.4 Å². The molecule has 15 N–H and O–H groups in total. The summed E-state index contributed by atoms with van der Waals surface area (Å²) in [5.74, 6) is -5.94. The van der Waals surface area contributed by atoms with E-state index in [1.165, 1.54) is 24.3 Å². The molecule has 0 spiro atoms. The average Bonchev–Trinajstić information content (AvgIpc) is 3.91. The predicted molar refractivity (Wildman–Crippen MR) is 241 cm³/mol. The minimum Gasteiger partial charge on any atom is -0.481 e. The number of benzene rings is 3. The van der Waals surface area contributed by atoms with Crippen LogP contribution in [0.5, 0.6) is 5.75 Å². The van der Waals surface area contributed by atoms with Crippen LogP contribution in [0.3, 0.4) is 0 Å². The number of nitrogens with two attached hydrogens (primary N) is 2. The maximum absolute atomic E-state index is 14.4. The van der Waals surface area contributed by atoms with Crippen LogP contribution in [-0.4, -0.2) is 139 Å². The summed E-state index contributed by atoms with van der Waals surface area (Å²) in [5.41, 5.74) is 15.0. The number of primary amides is 1. The summed E-state index contributed by atoms with van der Waals surface area (Å²) < 4.78 is 11.1. The summed E-state index contributed by atoms with van der Waals surface area (Å²) in [4.78, 5) is 86.4. The Balaban J connectivity index is 1.23. The predicted octanol–water partition coefficient (Wildman–Crippen LogP) is -1.26. The number of carboxylic acid groups (broad SMARTS) is 1. The molecule has 1 aliphatic heterocycles. The number of carbonyl (C=O) groups is 6. The second-order valence-corrected chi connectivity index (χ2v) is 16.8. The Labute approximate surface area is 383 Å². The number of fused-ring (bicyclic) bond motifs is 2. The lowest BCUT2D eigenvalue weighted by Crippen LogP contribution is -2.60. The highest BCUT2D eigenvalue weighted by Gasteiger charge is 2.45. The molecule has 67 heavy (non-hydrogen) atoms. The largest absolute Gasteiger partial charge is 0.481 e. The molecule has 21 nitrogen and oxygen atoms in total. The zero-order chi connectivity index (χ0) is 48.5. The highest BCUT2D eigenvalue weighted by atomic mass is 16.7. The standard InChI is InChI=1S/C46H56N8O13/c1-22(2)37(45(65)51-32(41(48)61)16-24-19-49-30-9-5-3-7-27(24)30)54-44(64)34(17-25-20-50-31-10-6-4-8-28(25)31)53-43(63)33(52-42(62)29(47)18-36(56)57)15-23-11-13-26(14-12-23)66-46-40(60)39(59)38(58)35(21-55)67-46/h3-14,19-20,22,29,32-35,37-40,46,49-50,55,58-60H,15-18,21,47H2,1-2H3,(H2,48,61)(H,51,65)(H,52,62)(H,53,63)(H,54,64)(H,56,57)/t29-,32-,33-,34-,35+,37-,38+,39-,40+,46+/m0/s1. The molecule has 10 atom stereocenters. The van der Waals surface area contributed by atoms with Crippen molar-refractivity contribution < 1.29 is 63.8 Å². The smallest absolute Gasteiger partial charge is 0.305 e. The number of nitrogens with one attached hydrogen (secondary N) is 6. The first kappa shape index (κ1) is 49.6. The van der Waals surface area contributed by atoms with Crippen molar-refractivity contribution in [3.63, 3.8) is 0 Å². The van der Waals surface area contributed by atoms with E-state index in [-0.39, 0.29) is 25.0 Å². The van der Waals surface area contributed by atoms with Gasteiger partial charge in [-0.3, -0.25) is 28.8 Å². The highest BCUT2D eigenvalue weighted by Crippen LogP contribution is 2.26. The van der Waals surface area contributed by atoms with E-state index in [9.17, 15) is 54.3 Å². The Hall–Kier alpha value is -6.88. The molecule has 358 valence electrons. The number of H-pyrrole nitrogens is 2. The maximum atomic E-state index is 14.4. The normalized spacial score (nSPS) is 20.6. The minimum atomic E-state index is -1.68. The highest BCUT2D eigenvalue weighted by molar-refractivity contribution is 5.97. The number of aliphatic hydroxyl groups is 4. The number of aromatic nitrogens is 2. The number of hydrogen-bond acceptors (Lipinski definition) is 13. The molecule has 0 unspecified atom stereocenters. The number of ether oxygens (including phenoxy) is 2. The Morgan fingerprint density at radius 2 is 1.21 bits per heavy atom. The molecular weight excluding hydrogens is 873 g/mol. The number of hydrogen-bond donors (Lipinski definition) is 13. The molecule has 1 aliphatic rings. The van der Waals surface area contributed by atoms with Crippen molar-refractivity contribution in [2.45, 2.75) is 100 Å². The fourth-order valence-corrected chi connectivity index (χ4v) is 7.80. The van der Waals surface area contributed by atoms with Gasteiger partial charge in [-0.2, -0.15) is 0 Å². The third kappa shape index (κ3) is 12.3. The first-order valence-electron chi connectivity index (χ1n) is 21.6. The quantitative estimate of drug-likeness (QED) is 0.0409. The van der Waals surface area contributed by atoms with E-state index in [0.29, 0.717) is 11.1 Å². The van der Waals surface area contributed by atoms with Gasteiger partial charge in [-0.25, -0.2) is 0 Å². The molecule has 0 radical (unpaired) electrons. The van der Waals surface area contributed by atoms with Crippen LogP contribution >= 0.6 is 0 Å². The molecule has 1 saturated heterocycles. The summed E-state index contributed by atoms with van der Waals surface area (Å²) in [6.45, 7) is 2.70. The van der Waals surface area contributed by atoms with Gasteiger partial charge in [0.2, 0.25) is 35.8 Å². The molecule has 3 heterocycles. The second kappa shape index (κ2) is 22.1. The van der Waals surface area contributed by atoms with E-state index in [0.717, 1.165) is 27.4 Å². The summed E-state index contributed by atoms with van der Waals surface area (Å²) >= 11 is 0. The van der Waals surface area contributed by atoms with Crippen LogP contribution in [0.2, 0.25) is 0 Å². The summed E-state index contributed by atoms with van der Waals surface area (Å²) in [7, 11) is 0. The van der Waals surface area contributed by atoms with Gasteiger partial charge < -0.3 is 77.7 Å². The Kier molecular flexibility index (Phi) is 16.3. The number of carbonyl (C=O) groups excluding carboxylic acids is 5. The van der Waals surface area contributed by atoms with Crippen LogP contribution in [0.25, 0.3) is 21.8 Å². The Morgan fingerprint density at radius 1 is 0.687 bits per heavy atom. The lowest BCUT2D eigenvalue weighted by atomic mass is 9.98. The molecule has 0 aliphatic carbocycles. The SMILES string of the molecule is CC(C)[C@H](NC(=O)[C@H](Cc1c[nH]c2ccccc12)NC(=O)[C@H](Cc1ccc(O[C@@H]2O[C@H](CO)[C@@H](O)[C@H](O)[C@H]2O)cc1)NC(=O)[C@@H](N)CC(=O)O)C(=O)N[C@@H](Cc1c[nH]c2ccccc12)C(N)=O. The van der Waals surface area contributed by atoms with E-state index in [2.05, 4.69) is 31.2 Å². The van der Waals surface area contributed by atoms with Gasteiger partial charge in [0.15, 0.2) is 0 Å². The van der Waals surface area contributed by atoms with E-state index < -0.39 is 115 Å². The summed E-state index contributed by atoms with van der Waals surface area (Å²) in [6, 6.07) is 13.7. The van der Waals surface area contributed by atoms with Crippen LogP contribution in [0.4, 0.5) is 0 Å². The maximum Gasteiger partial charge on any atom is 0.305 e. The second-order valence-electron chi connectivity index (χ2n) is 16.8. The van der Waals surface area contributed by atoms with Gasteiger partial charge in [-0.15, -0.1) is 0 Å². The van der Waals surface area contributed by atoms with Gasteiger partial charge in [0, 0.05) is 53.5 Å². The monoisotopic (exact) mass is 928 g/mol. The van der Waals surface area contributed by atoms with Crippen molar-refractivity contribution in [3.05, 3.63) is 102 Å². The fourth-order valence-electron chi connectivity index (χ4n) is 7.80. The van der Waals surface area contributed by atoms with E-state index in [1.807, 2.05) is 42.5 Å². The van der Waals surface area contributed by atoms with Crippen molar-refractivity contribution in [2.75, 3.05) is 6.61 Å². The minimum absolute atomic E-state index is 0.0559. The van der Waals surface area contributed by atoms with E-state index in [4.69, 9.17) is 20.9 Å². The lowest BCUT2D eigenvalue weighted by molar-refractivity contribution is -0.277. The van der Waals surface area contributed by atoms with Crippen LogP contribution in [0.15, 0.2) is 85.2 Å². The molecule has 0 saturated carbocycles. The molecule has 1 fully saturated rings. The number of aromatic amines is 2. The van der Waals surface area contributed by atoms with Gasteiger partial charge >= 0.3 is 5.97 Å². The molecule has 6 rings (SSSR count). The number of amides is 5. The van der Waals surface area contributed by atoms with Crippen LogP contribution in [0, 0.1) is 5.92 Å². The molecule has 5 aromatic rings. The van der Waals surface area contributed by atoms with Gasteiger partial charge in [-0.05, 0) is 46.9 Å². The lowest BCUT2D eigenvalue weighted by Gasteiger charge is -2.39. The van der Waals surface area contributed by atoms with Gasteiger partial charge in [0.25, 0.3) is 0 Å². The fraction of sp³-hybridized carbons (Fsp3) is 0.391. The summed E-state index contributed by atoms with van der Waals surface area (Å²) in [6.07, 6.45) is -5.32. The zero-order valence-electron chi connectivity index (χ0n) is 36.6. The molecule has 5 amide bonds. The zero-order valence-corrected chi connectivity index (χ0v) is 36.6. The Morgan fingerprint density at radius 3 is 1.76 bits per heavy atom. The third-order valence-electron chi connectivity index (χ3n) is 11.6. The third-order valence-corrected chi connectivity index (χ3v) is 11.6. The summed E-state index contributed by atoms with van der Waals surface area (Å²) in [5, 5.41) is 61.8. The van der Waals surface area contributed by atoms with Crippen molar-refractivity contribution in [2.24, 2.45) is 17.4 Å². The van der Waals surface area contributed by atoms with Crippen molar-refractivity contribution in [1.29, 1.82) is 0 Å².